The van der Waals surface area contributed by atoms with Gasteiger partial charge in [0.05, 0.1) is 25.4 Å². The topological polar surface area (TPSA) is 84.2 Å². The van der Waals surface area contributed by atoms with Crippen molar-refractivity contribution >= 4 is 0 Å². The molecular formula is C14H23NO4. The zero-order valence-corrected chi connectivity index (χ0v) is 11.2. The maximum atomic E-state index is 9.57. The van der Waals surface area contributed by atoms with E-state index in [9.17, 15) is 10.2 Å². The lowest BCUT2D eigenvalue weighted by molar-refractivity contribution is 0.00921. The van der Waals surface area contributed by atoms with Gasteiger partial charge in [-0.2, -0.15) is 0 Å². The van der Waals surface area contributed by atoms with Gasteiger partial charge in [0, 0.05) is 19.1 Å². The predicted octanol–water partition coefficient (Wildman–Crippen LogP) is -0.244. The molecular weight excluding hydrogens is 246 g/mol. The summed E-state index contributed by atoms with van der Waals surface area (Å²) in [6, 6.07) is 9.68. The number of hydrogen-bond acceptors (Lipinski definition) is 5. The summed E-state index contributed by atoms with van der Waals surface area (Å²) in [5.41, 5.74) is 1.05. The molecule has 5 nitrogen and oxygen atoms in total. The van der Waals surface area contributed by atoms with Crippen LogP contribution in [0.1, 0.15) is 18.5 Å². The zero-order valence-electron chi connectivity index (χ0n) is 11.2. The molecule has 0 aliphatic carbocycles. The van der Waals surface area contributed by atoms with E-state index in [2.05, 4.69) is 0 Å². The smallest absolute Gasteiger partial charge is 0.0897 e. The van der Waals surface area contributed by atoms with Crippen LogP contribution in [0.3, 0.4) is 0 Å². The molecule has 0 spiro atoms. The van der Waals surface area contributed by atoms with Gasteiger partial charge in [-0.15, -0.1) is 0 Å². The van der Waals surface area contributed by atoms with E-state index in [0.29, 0.717) is 0 Å². The Labute approximate surface area is 113 Å². The summed E-state index contributed by atoms with van der Waals surface area (Å²) in [6.45, 7) is 1.79. The Hall–Kier alpha value is -0.980. The molecule has 1 aromatic carbocycles. The van der Waals surface area contributed by atoms with E-state index in [0.717, 1.165) is 5.56 Å². The maximum absolute atomic E-state index is 9.57. The second-order valence-electron chi connectivity index (χ2n) is 4.71. The first-order valence-corrected chi connectivity index (χ1v) is 6.45. The summed E-state index contributed by atoms with van der Waals surface area (Å²) < 4.78 is 0. The van der Waals surface area contributed by atoms with Crippen molar-refractivity contribution in [1.82, 2.24) is 4.90 Å². The molecule has 0 saturated heterocycles. The molecule has 3 atom stereocenters. The van der Waals surface area contributed by atoms with E-state index in [1.807, 2.05) is 42.2 Å². The average molecular weight is 269 g/mol. The van der Waals surface area contributed by atoms with Crippen molar-refractivity contribution in [2.45, 2.75) is 25.2 Å². The fourth-order valence-electron chi connectivity index (χ4n) is 1.99. The number of benzene rings is 1. The van der Waals surface area contributed by atoms with Crippen LogP contribution in [-0.2, 0) is 0 Å². The summed E-state index contributed by atoms with van der Waals surface area (Å²) >= 11 is 0. The highest BCUT2D eigenvalue weighted by molar-refractivity contribution is 5.18. The van der Waals surface area contributed by atoms with Gasteiger partial charge in [-0.1, -0.05) is 30.3 Å². The van der Waals surface area contributed by atoms with Gasteiger partial charge in [0.2, 0.25) is 0 Å². The molecule has 0 aromatic heterocycles. The molecule has 1 aromatic rings. The first kappa shape index (κ1) is 16.1. The molecule has 0 fully saturated rings. The number of hydrogen-bond donors (Lipinski definition) is 4. The molecule has 0 heterocycles. The van der Waals surface area contributed by atoms with E-state index in [1.54, 1.807) is 0 Å². The summed E-state index contributed by atoms with van der Waals surface area (Å²) in [5, 5.41) is 37.0. The van der Waals surface area contributed by atoms with Gasteiger partial charge in [0.25, 0.3) is 0 Å². The third-order valence-corrected chi connectivity index (χ3v) is 3.14. The number of rotatable bonds is 8. The summed E-state index contributed by atoms with van der Waals surface area (Å²) in [6.07, 6.45) is -1.73. The van der Waals surface area contributed by atoms with Crippen molar-refractivity contribution in [2.75, 3.05) is 26.3 Å². The monoisotopic (exact) mass is 269 g/mol. The summed E-state index contributed by atoms with van der Waals surface area (Å²) in [7, 11) is 0. The Balaban J connectivity index is 2.76. The van der Waals surface area contributed by atoms with Gasteiger partial charge in [0.1, 0.15) is 0 Å². The van der Waals surface area contributed by atoms with Crippen LogP contribution in [-0.4, -0.2) is 63.8 Å². The first-order valence-electron chi connectivity index (χ1n) is 6.45. The molecule has 5 heteroatoms. The minimum absolute atomic E-state index is 0.0244. The van der Waals surface area contributed by atoms with Crippen molar-refractivity contribution in [3.05, 3.63) is 35.9 Å². The molecule has 19 heavy (non-hydrogen) atoms. The second kappa shape index (κ2) is 8.24. The minimum Gasteiger partial charge on any atom is -0.394 e. The van der Waals surface area contributed by atoms with Crippen LogP contribution in [0.5, 0.6) is 0 Å². The largest absolute Gasteiger partial charge is 0.394 e. The Kier molecular flexibility index (Phi) is 6.97. The number of nitrogens with zero attached hydrogens (tertiary/aromatic N) is 1. The summed E-state index contributed by atoms with van der Waals surface area (Å²) in [5.74, 6) is 0. The molecule has 0 saturated carbocycles. The fourth-order valence-corrected chi connectivity index (χ4v) is 1.99. The van der Waals surface area contributed by atoms with Crippen LogP contribution < -0.4 is 0 Å². The van der Waals surface area contributed by atoms with Crippen LogP contribution >= 0.6 is 0 Å². The molecule has 0 radical (unpaired) electrons. The van der Waals surface area contributed by atoms with Crippen LogP contribution in [0.4, 0.5) is 0 Å². The molecule has 108 valence electrons. The van der Waals surface area contributed by atoms with Gasteiger partial charge < -0.3 is 20.4 Å². The predicted molar refractivity (Wildman–Crippen MR) is 72.6 cm³/mol. The third-order valence-electron chi connectivity index (χ3n) is 3.14. The van der Waals surface area contributed by atoms with E-state index in [1.165, 1.54) is 0 Å². The lowest BCUT2D eigenvalue weighted by Gasteiger charge is -2.32. The minimum atomic E-state index is -0.864. The van der Waals surface area contributed by atoms with Gasteiger partial charge in [-0.05, 0) is 12.5 Å². The van der Waals surface area contributed by atoms with Crippen LogP contribution in [0, 0.1) is 0 Å². The molecule has 0 bridgehead atoms. The molecule has 0 amide bonds. The molecule has 0 aliphatic rings. The second-order valence-corrected chi connectivity index (χ2v) is 4.71. The van der Waals surface area contributed by atoms with Crippen LogP contribution in [0.15, 0.2) is 30.3 Å². The highest BCUT2D eigenvalue weighted by Gasteiger charge is 2.21. The van der Waals surface area contributed by atoms with Crippen LogP contribution in [0.25, 0.3) is 0 Å². The quantitative estimate of drug-likeness (QED) is 0.523. The highest BCUT2D eigenvalue weighted by Crippen LogP contribution is 2.20. The lowest BCUT2D eigenvalue weighted by atomic mass is 10.1. The molecule has 0 aliphatic heterocycles. The van der Waals surface area contributed by atoms with Gasteiger partial charge >= 0.3 is 0 Å². The Morgan fingerprint density at radius 2 is 1.42 bits per heavy atom. The van der Waals surface area contributed by atoms with E-state index >= 15 is 0 Å². The van der Waals surface area contributed by atoms with Crippen molar-refractivity contribution in [2.24, 2.45) is 0 Å². The third kappa shape index (κ3) is 5.26. The van der Waals surface area contributed by atoms with Crippen molar-refractivity contribution in [3.8, 4) is 0 Å². The molecule has 1 rings (SSSR count). The van der Waals surface area contributed by atoms with Crippen molar-refractivity contribution in [3.63, 3.8) is 0 Å². The Morgan fingerprint density at radius 1 is 0.947 bits per heavy atom. The van der Waals surface area contributed by atoms with Gasteiger partial charge in [0.15, 0.2) is 0 Å². The zero-order chi connectivity index (χ0) is 14.3. The maximum Gasteiger partial charge on any atom is 0.0897 e. The Morgan fingerprint density at radius 3 is 1.84 bits per heavy atom. The van der Waals surface area contributed by atoms with Crippen molar-refractivity contribution in [1.29, 1.82) is 0 Å². The van der Waals surface area contributed by atoms with E-state index in [-0.39, 0.29) is 32.3 Å². The van der Waals surface area contributed by atoms with Crippen LogP contribution in [0.2, 0.25) is 0 Å². The Bertz CT molecular complexity index is 335. The van der Waals surface area contributed by atoms with Gasteiger partial charge in [-0.3, -0.25) is 4.90 Å². The molecule has 4 N–H and O–H groups in total. The first-order chi connectivity index (χ1) is 9.08. The lowest BCUT2D eigenvalue weighted by Crippen LogP contribution is -2.41. The number of aliphatic hydroxyl groups excluding tert-OH is 4. The van der Waals surface area contributed by atoms with E-state index < -0.39 is 12.2 Å². The fraction of sp³-hybridized carbons (Fsp3) is 0.571. The van der Waals surface area contributed by atoms with E-state index in [4.69, 9.17) is 10.2 Å². The van der Waals surface area contributed by atoms with Gasteiger partial charge in [-0.25, -0.2) is 0 Å². The van der Waals surface area contributed by atoms with Crippen molar-refractivity contribution < 1.29 is 20.4 Å². The average Bonchev–Trinajstić information content (AvgIpc) is 2.46. The normalized spacial score (nSPS) is 16.3. The summed E-state index contributed by atoms with van der Waals surface area (Å²) in [4.78, 5) is 1.84. The highest BCUT2D eigenvalue weighted by atomic mass is 16.3. The SMILES string of the molecule is C[C@@H](c1ccccc1)N(C[C@H](O)CO)C[C@@H](O)CO. The standard InChI is InChI=1S/C14H23NO4/c1-11(12-5-3-2-4-6-12)15(7-13(18)9-16)8-14(19)10-17/h2-6,11,13-14,16-19H,7-10H2,1H3/t11-,13-,14+/m0/s1. The number of aliphatic hydroxyl groups is 4. The molecule has 0 unspecified atom stereocenters.